The molecule has 2 aromatic carbocycles. The Balaban J connectivity index is 1.67. The average Bonchev–Trinajstić information content (AvgIpc) is 3.02. The molecule has 4 heteroatoms. The number of unbranched alkanes of at least 4 members (excludes halogenated alkanes) is 4. The van der Waals surface area contributed by atoms with Gasteiger partial charge in [-0.1, -0.05) is 80.1 Å². The van der Waals surface area contributed by atoms with Gasteiger partial charge in [0.25, 0.3) is 0 Å². The summed E-state index contributed by atoms with van der Waals surface area (Å²) in [5.41, 5.74) is 3.75. The number of hydrogen-bond acceptors (Lipinski definition) is 1. The van der Waals surface area contributed by atoms with Crippen LogP contribution in [0.2, 0.25) is 10.0 Å². The van der Waals surface area contributed by atoms with Crippen LogP contribution in [0.15, 0.2) is 48.7 Å². The maximum Gasteiger partial charge on any atom is 0.0595 e. The molecule has 0 radical (unpaired) electrons. The summed E-state index contributed by atoms with van der Waals surface area (Å²) in [7, 11) is 0. The van der Waals surface area contributed by atoms with Gasteiger partial charge in [0.05, 0.1) is 10.0 Å². The van der Waals surface area contributed by atoms with Crippen LogP contribution in [0.1, 0.15) is 50.2 Å². The largest absolute Gasteiger partial charge is 0.343 e. The van der Waals surface area contributed by atoms with Crippen LogP contribution in [-0.4, -0.2) is 11.1 Å². The minimum absolute atomic E-state index is 0.599. The molecule has 0 aliphatic heterocycles. The van der Waals surface area contributed by atoms with Gasteiger partial charge in [0.1, 0.15) is 0 Å². The third-order valence-corrected chi connectivity index (χ3v) is 5.72. The van der Waals surface area contributed by atoms with Crippen LogP contribution in [0.4, 0.5) is 0 Å². The molecule has 0 fully saturated rings. The molecule has 1 N–H and O–H groups in total. The monoisotopic (exact) mass is 402 g/mol. The van der Waals surface area contributed by atoms with E-state index in [2.05, 4.69) is 47.3 Å². The number of rotatable bonds is 10. The van der Waals surface area contributed by atoms with E-state index in [0.29, 0.717) is 10.0 Å². The van der Waals surface area contributed by atoms with Gasteiger partial charge < -0.3 is 9.88 Å². The fourth-order valence-electron chi connectivity index (χ4n) is 3.51. The first-order chi connectivity index (χ1) is 13.2. The number of benzene rings is 2. The predicted octanol–water partition coefficient (Wildman–Crippen LogP) is 7.06. The Morgan fingerprint density at radius 3 is 2.56 bits per heavy atom. The average molecular weight is 403 g/mol. The Kier molecular flexibility index (Phi) is 7.63. The van der Waals surface area contributed by atoms with E-state index in [4.69, 9.17) is 23.2 Å². The first-order valence-corrected chi connectivity index (χ1v) is 10.7. The highest BCUT2D eigenvalue weighted by Gasteiger charge is 2.09. The van der Waals surface area contributed by atoms with E-state index < -0.39 is 0 Å². The van der Waals surface area contributed by atoms with Crippen molar-refractivity contribution in [2.24, 2.45) is 0 Å². The van der Waals surface area contributed by atoms with Crippen LogP contribution in [-0.2, 0) is 13.1 Å². The fourth-order valence-corrected chi connectivity index (χ4v) is 3.83. The number of hydrogen-bond donors (Lipinski definition) is 1. The van der Waals surface area contributed by atoms with Crippen LogP contribution < -0.4 is 5.32 Å². The Hall–Kier alpha value is -1.48. The second kappa shape index (κ2) is 10.2. The Labute approximate surface area is 172 Å². The SMILES string of the molecule is CCCCCCCNCc1cn(Cc2ccc(Cl)c(Cl)c2)c2ccccc12. The molecule has 27 heavy (non-hydrogen) atoms. The van der Waals surface area contributed by atoms with E-state index >= 15 is 0 Å². The molecule has 0 saturated carbocycles. The number of aromatic nitrogens is 1. The lowest BCUT2D eigenvalue weighted by Crippen LogP contribution is -2.14. The van der Waals surface area contributed by atoms with E-state index in [9.17, 15) is 0 Å². The summed E-state index contributed by atoms with van der Waals surface area (Å²) in [6, 6.07) is 14.5. The van der Waals surface area contributed by atoms with Gasteiger partial charge in [-0.25, -0.2) is 0 Å². The molecular weight excluding hydrogens is 375 g/mol. The summed E-state index contributed by atoms with van der Waals surface area (Å²) in [5, 5.41) is 6.13. The van der Waals surface area contributed by atoms with E-state index in [1.807, 2.05) is 18.2 Å². The smallest absolute Gasteiger partial charge is 0.0595 e. The lowest BCUT2D eigenvalue weighted by molar-refractivity contribution is 0.584. The molecule has 144 valence electrons. The van der Waals surface area contributed by atoms with Crippen molar-refractivity contribution in [2.75, 3.05) is 6.54 Å². The molecule has 0 aliphatic carbocycles. The van der Waals surface area contributed by atoms with Gasteiger partial charge in [0.2, 0.25) is 0 Å². The number of nitrogens with zero attached hydrogens (tertiary/aromatic N) is 1. The molecule has 1 aromatic heterocycles. The number of para-hydroxylation sites is 1. The zero-order chi connectivity index (χ0) is 19.1. The number of fused-ring (bicyclic) bond motifs is 1. The Morgan fingerprint density at radius 2 is 1.74 bits per heavy atom. The van der Waals surface area contributed by atoms with Gasteiger partial charge in [-0.3, -0.25) is 0 Å². The van der Waals surface area contributed by atoms with Crippen molar-refractivity contribution in [3.63, 3.8) is 0 Å². The van der Waals surface area contributed by atoms with E-state index in [0.717, 1.165) is 25.2 Å². The van der Waals surface area contributed by atoms with Gasteiger partial charge in [-0.05, 0) is 42.3 Å². The molecule has 0 unspecified atom stereocenters. The third kappa shape index (κ3) is 5.51. The molecule has 1 heterocycles. The normalized spacial score (nSPS) is 11.4. The van der Waals surface area contributed by atoms with Gasteiger partial charge in [-0.2, -0.15) is 0 Å². The zero-order valence-electron chi connectivity index (χ0n) is 16.0. The Morgan fingerprint density at radius 1 is 0.926 bits per heavy atom. The van der Waals surface area contributed by atoms with Crippen molar-refractivity contribution in [3.8, 4) is 0 Å². The minimum atomic E-state index is 0.599. The molecule has 0 aliphatic rings. The topological polar surface area (TPSA) is 17.0 Å². The highest BCUT2D eigenvalue weighted by atomic mass is 35.5. The van der Waals surface area contributed by atoms with Crippen LogP contribution in [0.5, 0.6) is 0 Å². The molecule has 2 nitrogen and oxygen atoms in total. The highest BCUT2D eigenvalue weighted by Crippen LogP contribution is 2.26. The maximum absolute atomic E-state index is 6.18. The lowest BCUT2D eigenvalue weighted by atomic mass is 10.1. The van der Waals surface area contributed by atoms with Crippen LogP contribution >= 0.6 is 23.2 Å². The molecule has 3 aromatic rings. The first-order valence-electron chi connectivity index (χ1n) is 9.90. The van der Waals surface area contributed by atoms with Crippen molar-refractivity contribution < 1.29 is 0 Å². The molecule has 3 rings (SSSR count). The van der Waals surface area contributed by atoms with Gasteiger partial charge >= 0.3 is 0 Å². The summed E-state index contributed by atoms with van der Waals surface area (Å²) in [4.78, 5) is 0. The standard InChI is InChI=1S/C23H28Cl2N2/c1-2-3-4-5-8-13-26-15-19-17-27(23-10-7-6-9-20(19)23)16-18-11-12-21(24)22(25)14-18/h6-7,9-12,14,17,26H,2-5,8,13,15-16H2,1H3. The zero-order valence-corrected chi connectivity index (χ0v) is 17.5. The van der Waals surface area contributed by atoms with E-state index in [1.54, 1.807) is 0 Å². The van der Waals surface area contributed by atoms with Gasteiger partial charge in [-0.15, -0.1) is 0 Å². The van der Waals surface area contributed by atoms with Crippen molar-refractivity contribution in [1.82, 2.24) is 9.88 Å². The highest BCUT2D eigenvalue weighted by molar-refractivity contribution is 6.42. The summed E-state index contributed by atoms with van der Waals surface area (Å²) in [6.45, 7) is 5.03. The van der Waals surface area contributed by atoms with E-state index in [-0.39, 0.29) is 0 Å². The summed E-state index contributed by atoms with van der Waals surface area (Å²) in [6.07, 6.45) is 8.83. The third-order valence-electron chi connectivity index (χ3n) is 4.98. The fraction of sp³-hybridized carbons (Fsp3) is 0.391. The van der Waals surface area contributed by atoms with Crippen LogP contribution in [0, 0.1) is 0 Å². The van der Waals surface area contributed by atoms with Crippen molar-refractivity contribution in [2.45, 2.75) is 52.1 Å². The molecule has 0 bridgehead atoms. The summed E-state index contributed by atoms with van der Waals surface area (Å²) >= 11 is 12.2. The lowest BCUT2D eigenvalue weighted by Gasteiger charge is -2.07. The summed E-state index contributed by atoms with van der Waals surface area (Å²) in [5.74, 6) is 0. The first kappa shape index (κ1) is 20.3. The summed E-state index contributed by atoms with van der Waals surface area (Å²) < 4.78 is 2.30. The van der Waals surface area contributed by atoms with Crippen LogP contribution in [0.25, 0.3) is 10.9 Å². The molecular formula is C23H28Cl2N2. The van der Waals surface area contributed by atoms with Crippen molar-refractivity contribution in [3.05, 3.63) is 69.8 Å². The molecule has 0 saturated heterocycles. The Bertz CT molecular complexity index is 870. The van der Waals surface area contributed by atoms with Gasteiger partial charge in [0.15, 0.2) is 0 Å². The van der Waals surface area contributed by atoms with Crippen molar-refractivity contribution in [1.29, 1.82) is 0 Å². The van der Waals surface area contributed by atoms with Crippen LogP contribution in [0.3, 0.4) is 0 Å². The maximum atomic E-state index is 6.18. The van der Waals surface area contributed by atoms with Gasteiger partial charge in [0, 0.05) is 30.2 Å². The van der Waals surface area contributed by atoms with Crippen molar-refractivity contribution >= 4 is 34.1 Å². The van der Waals surface area contributed by atoms with E-state index in [1.165, 1.54) is 48.6 Å². The molecule has 0 amide bonds. The second-order valence-electron chi connectivity index (χ2n) is 7.14. The molecule has 0 atom stereocenters. The number of nitrogens with one attached hydrogen (secondary N) is 1. The second-order valence-corrected chi connectivity index (χ2v) is 7.95. The quantitative estimate of drug-likeness (QED) is 0.359. The minimum Gasteiger partial charge on any atom is -0.343 e. The molecule has 0 spiro atoms. The number of halogens is 2. The predicted molar refractivity (Wildman–Crippen MR) is 118 cm³/mol.